The van der Waals surface area contributed by atoms with Gasteiger partial charge in [-0.3, -0.25) is 0 Å². The normalized spacial score (nSPS) is 13.3. The molecule has 6 nitrogen and oxygen atoms in total. The second-order valence-corrected chi connectivity index (χ2v) is 3.56. The molecule has 0 saturated heterocycles. The van der Waals surface area contributed by atoms with Crippen LogP contribution in [0.15, 0.2) is 0 Å². The third-order valence-corrected chi connectivity index (χ3v) is 2.53. The molecule has 22 heavy (non-hydrogen) atoms. The second kappa shape index (κ2) is 8.92. The molecule has 0 radical (unpaired) electrons. The highest BCUT2D eigenvalue weighted by Crippen LogP contribution is 2.15. The fourth-order valence-electron chi connectivity index (χ4n) is 1.56. The fourth-order valence-corrected chi connectivity index (χ4v) is 1.56. The van der Waals surface area contributed by atoms with Gasteiger partial charge in [0.1, 0.15) is 10.7 Å². The number of rotatable bonds is 0. The maximum absolute atomic E-state index is 11.3. The monoisotopic (exact) mass is 308 g/mol. The molecule has 6 heteroatoms. The number of esters is 2. The van der Waals surface area contributed by atoms with Gasteiger partial charge in [-0.05, 0) is 13.8 Å². The SMILES string of the molecule is CC.CC.CC.CC1=c2nc3c(nc2OC1=O)=C(C)C(=O)O3. The lowest BCUT2D eigenvalue weighted by Crippen LogP contribution is -2.19. The molecule has 0 aromatic carbocycles. The Kier molecular flexibility index (Phi) is 8.01. The van der Waals surface area contributed by atoms with Crippen molar-refractivity contribution in [2.75, 3.05) is 0 Å². The molecule has 0 spiro atoms. The van der Waals surface area contributed by atoms with Gasteiger partial charge in [0.15, 0.2) is 0 Å². The number of ether oxygens (including phenoxy) is 2. The Hall–Kier alpha value is -2.24. The zero-order valence-corrected chi connectivity index (χ0v) is 14.5. The van der Waals surface area contributed by atoms with E-state index in [-0.39, 0.29) is 11.8 Å². The molecule has 2 aliphatic heterocycles. The number of carbonyl (C=O) groups excluding carboxylic acids is 2. The van der Waals surface area contributed by atoms with Crippen LogP contribution >= 0.6 is 0 Å². The number of aromatic nitrogens is 2. The van der Waals surface area contributed by atoms with Crippen LogP contribution in [0.2, 0.25) is 0 Å². The first-order chi connectivity index (χ1) is 10.6. The first-order valence-electron chi connectivity index (χ1n) is 7.62. The van der Waals surface area contributed by atoms with Gasteiger partial charge in [-0.15, -0.1) is 0 Å². The summed E-state index contributed by atoms with van der Waals surface area (Å²) < 4.78 is 9.80. The van der Waals surface area contributed by atoms with E-state index >= 15 is 0 Å². The van der Waals surface area contributed by atoms with Gasteiger partial charge in [0.25, 0.3) is 0 Å². The minimum Gasteiger partial charge on any atom is -0.402 e. The number of carbonyl (C=O) groups is 2. The molecule has 0 unspecified atom stereocenters. The summed E-state index contributed by atoms with van der Waals surface area (Å²) in [7, 11) is 0. The van der Waals surface area contributed by atoms with Crippen molar-refractivity contribution < 1.29 is 19.1 Å². The topological polar surface area (TPSA) is 78.4 Å². The van der Waals surface area contributed by atoms with Gasteiger partial charge in [-0.2, -0.15) is 0 Å². The molecular weight excluding hydrogens is 284 g/mol. The summed E-state index contributed by atoms with van der Waals surface area (Å²) in [6, 6.07) is 0. The molecule has 0 fully saturated rings. The molecule has 0 bridgehead atoms. The number of fused-ring (bicyclic) bond motifs is 2. The zero-order chi connectivity index (χ0) is 17.4. The van der Waals surface area contributed by atoms with Crippen molar-refractivity contribution in [3.05, 3.63) is 10.7 Å². The van der Waals surface area contributed by atoms with Crippen molar-refractivity contribution in [1.29, 1.82) is 0 Å². The molecule has 122 valence electrons. The molecule has 0 amide bonds. The van der Waals surface area contributed by atoms with Gasteiger partial charge in [-0.25, -0.2) is 19.6 Å². The van der Waals surface area contributed by atoms with E-state index in [0.29, 0.717) is 21.8 Å². The maximum atomic E-state index is 11.3. The highest BCUT2D eigenvalue weighted by molar-refractivity contribution is 6.13. The molecule has 0 atom stereocenters. The first-order valence-corrected chi connectivity index (χ1v) is 7.62. The predicted molar refractivity (Wildman–Crippen MR) is 84.8 cm³/mol. The van der Waals surface area contributed by atoms with Crippen LogP contribution in [-0.2, 0) is 9.59 Å². The zero-order valence-electron chi connectivity index (χ0n) is 14.5. The lowest BCUT2D eigenvalue weighted by molar-refractivity contribution is -0.128. The van der Waals surface area contributed by atoms with Crippen LogP contribution in [-0.4, -0.2) is 21.9 Å². The molecule has 0 saturated carbocycles. The number of hydrogen-bond donors (Lipinski definition) is 0. The Morgan fingerprint density at radius 3 is 1.18 bits per heavy atom. The van der Waals surface area contributed by atoms with Gasteiger partial charge in [-0.1, -0.05) is 41.5 Å². The summed E-state index contributed by atoms with van der Waals surface area (Å²) in [5, 5.41) is 0.678. The van der Waals surface area contributed by atoms with Gasteiger partial charge in [0.2, 0.25) is 11.8 Å². The van der Waals surface area contributed by atoms with Crippen LogP contribution in [0.25, 0.3) is 11.1 Å². The van der Waals surface area contributed by atoms with E-state index in [1.165, 1.54) is 0 Å². The van der Waals surface area contributed by atoms with E-state index in [0.717, 1.165) is 0 Å². The largest absolute Gasteiger partial charge is 0.402 e. The van der Waals surface area contributed by atoms with Crippen molar-refractivity contribution in [1.82, 2.24) is 9.97 Å². The Balaban J connectivity index is 0.000000661. The Morgan fingerprint density at radius 2 is 0.909 bits per heavy atom. The molecular formula is C16H24N2O4. The fraction of sp³-hybridized carbons (Fsp3) is 0.500. The quantitative estimate of drug-likeness (QED) is 0.679. The van der Waals surface area contributed by atoms with E-state index in [2.05, 4.69) is 9.97 Å². The average Bonchev–Trinajstić information content (AvgIpc) is 3.01. The Bertz CT molecular complexity index is 618. The second-order valence-electron chi connectivity index (χ2n) is 3.56. The van der Waals surface area contributed by atoms with Crippen LogP contribution in [0, 0.1) is 0 Å². The van der Waals surface area contributed by atoms with Crippen molar-refractivity contribution in [3.8, 4) is 11.8 Å². The predicted octanol–water partition coefficient (Wildman–Crippen LogP) is 1.73. The number of hydrogen-bond acceptors (Lipinski definition) is 6. The lowest BCUT2D eigenvalue weighted by atomic mass is 10.3. The van der Waals surface area contributed by atoms with Gasteiger partial charge < -0.3 is 9.47 Å². The van der Waals surface area contributed by atoms with Crippen LogP contribution in [0.1, 0.15) is 55.4 Å². The highest BCUT2D eigenvalue weighted by Gasteiger charge is 2.28. The molecule has 2 aliphatic rings. The van der Waals surface area contributed by atoms with E-state index in [1.54, 1.807) is 13.8 Å². The minimum absolute atomic E-state index is 0.138. The third-order valence-electron chi connectivity index (χ3n) is 2.53. The van der Waals surface area contributed by atoms with Crippen molar-refractivity contribution in [2.45, 2.75) is 55.4 Å². The highest BCUT2D eigenvalue weighted by atomic mass is 16.6. The summed E-state index contributed by atoms with van der Waals surface area (Å²) in [6.07, 6.45) is 0. The van der Waals surface area contributed by atoms with Gasteiger partial charge in [0, 0.05) is 0 Å². The summed E-state index contributed by atoms with van der Waals surface area (Å²) in [5.74, 6) is -0.664. The summed E-state index contributed by atoms with van der Waals surface area (Å²) >= 11 is 0. The smallest absolute Gasteiger partial charge is 0.342 e. The van der Waals surface area contributed by atoms with E-state index in [9.17, 15) is 9.59 Å². The van der Waals surface area contributed by atoms with Crippen LogP contribution in [0.3, 0.4) is 0 Å². The molecule has 1 aromatic rings. The molecule has 0 N–H and O–H groups in total. The van der Waals surface area contributed by atoms with E-state index in [1.807, 2.05) is 41.5 Å². The summed E-state index contributed by atoms with van der Waals surface area (Å²) in [6.45, 7) is 15.2. The van der Waals surface area contributed by atoms with Crippen molar-refractivity contribution in [2.24, 2.45) is 0 Å². The number of nitrogens with zero attached hydrogens (tertiary/aromatic N) is 2. The van der Waals surface area contributed by atoms with Crippen molar-refractivity contribution in [3.63, 3.8) is 0 Å². The summed E-state index contributed by atoms with van der Waals surface area (Å²) in [5.41, 5.74) is 0.733. The first kappa shape index (κ1) is 19.8. The average molecular weight is 308 g/mol. The standard InChI is InChI=1S/C10H6N2O4.3C2H6/c1-3-5-7(15-9(3)13)12-6-4(2)10(14)16-8(6)11-5;3*1-2/h1-2H3;3*1-2H3. The molecule has 3 heterocycles. The van der Waals surface area contributed by atoms with Gasteiger partial charge >= 0.3 is 11.9 Å². The molecule has 3 rings (SSSR count). The molecule has 0 aliphatic carbocycles. The van der Waals surface area contributed by atoms with E-state index in [4.69, 9.17) is 9.47 Å². The Morgan fingerprint density at radius 1 is 0.636 bits per heavy atom. The summed E-state index contributed by atoms with van der Waals surface area (Å²) in [4.78, 5) is 30.6. The van der Waals surface area contributed by atoms with Crippen LogP contribution in [0.5, 0.6) is 11.8 Å². The Labute approximate surface area is 130 Å². The van der Waals surface area contributed by atoms with Crippen molar-refractivity contribution >= 4 is 23.1 Å². The van der Waals surface area contributed by atoms with E-state index < -0.39 is 11.9 Å². The lowest BCUT2D eigenvalue weighted by Gasteiger charge is -1.94. The minimum atomic E-state index is -0.470. The maximum Gasteiger partial charge on any atom is 0.342 e. The van der Waals surface area contributed by atoms with Crippen LogP contribution in [0.4, 0.5) is 0 Å². The molecule has 1 aromatic heterocycles. The third kappa shape index (κ3) is 3.50. The van der Waals surface area contributed by atoms with Crippen LogP contribution < -0.4 is 20.2 Å². The van der Waals surface area contributed by atoms with Gasteiger partial charge in [0.05, 0.1) is 11.1 Å².